The molecule has 1 heterocycles. The van der Waals surface area contributed by atoms with Crippen LogP contribution in [-0.2, 0) is 6.42 Å². The molecule has 1 atom stereocenters. The Bertz CT molecular complexity index is 690. The number of anilines is 1. The van der Waals surface area contributed by atoms with Crippen LogP contribution in [0.2, 0.25) is 0 Å². The van der Waals surface area contributed by atoms with E-state index in [0.717, 1.165) is 23.4 Å². The zero-order valence-electron chi connectivity index (χ0n) is 13.0. The minimum Gasteiger partial charge on any atom is -0.308 e. The van der Waals surface area contributed by atoms with Gasteiger partial charge in [-0.1, -0.05) is 31.2 Å². The van der Waals surface area contributed by atoms with Crippen molar-refractivity contribution in [1.82, 2.24) is 4.90 Å². The van der Waals surface area contributed by atoms with Crippen molar-refractivity contribution in [3.63, 3.8) is 0 Å². The zero-order chi connectivity index (χ0) is 16.2. The van der Waals surface area contributed by atoms with Gasteiger partial charge in [0.05, 0.1) is 0 Å². The number of aryl methyl sites for hydroxylation is 1. The van der Waals surface area contributed by atoms with E-state index in [-0.39, 0.29) is 17.2 Å². The molecule has 0 radical (unpaired) electrons. The monoisotopic (exact) mass is 330 g/mol. The average molecular weight is 330 g/mol. The lowest BCUT2D eigenvalue weighted by molar-refractivity contribution is 0.214. The minimum atomic E-state index is -0.260. The van der Waals surface area contributed by atoms with Crippen LogP contribution < -0.4 is 5.32 Å². The quantitative estimate of drug-likeness (QED) is 0.887. The molecule has 1 saturated heterocycles. The highest BCUT2D eigenvalue weighted by atomic mass is 32.2. The van der Waals surface area contributed by atoms with Crippen molar-refractivity contribution in [2.75, 3.05) is 17.6 Å². The summed E-state index contributed by atoms with van der Waals surface area (Å²) in [6.45, 7) is 2.77. The predicted molar refractivity (Wildman–Crippen MR) is 93.1 cm³/mol. The normalized spacial score (nSPS) is 17.3. The van der Waals surface area contributed by atoms with Crippen LogP contribution >= 0.6 is 11.8 Å². The third kappa shape index (κ3) is 3.67. The lowest BCUT2D eigenvalue weighted by Crippen LogP contribution is -2.34. The second kappa shape index (κ2) is 7.04. The van der Waals surface area contributed by atoms with Crippen molar-refractivity contribution in [3.8, 4) is 0 Å². The largest absolute Gasteiger partial charge is 0.323 e. The number of hydrogen-bond acceptors (Lipinski definition) is 2. The van der Waals surface area contributed by atoms with Crippen molar-refractivity contribution < 1.29 is 9.18 Å². The van der Waals surface area contributed by atoms with Gasteiger partial charge in [-0.3, -0.25) is 0 Å². The first-order valence-corrected chi connectivity index (χ1v) is 8.76. The molecular weight excluding hydrogens is 311 g/mol. The van der Waals surface area contributed by atoms with Crippen molar-refractivity contribution in [2.45, 2.75) is 18.7 Å². The smallest absolute Gasteiger partial charge is 0.308 e. The van der Waals surface area contributed by atoms with Gasteiger partial charge >= 0.3 is 6.03 Å². The summed E-state index contributed by atoms with van der Waals surface area (Å²) in [6.07, 6.45) is 0.932. The molecule has 1 aliphatic rings. The molecule has 120 valence electrons. The lowest BCUT2D eigenvalue weighted by Gasteiger charge is -2.24. The highest BCUT2D eigenvalue weighted by molar-refractivity contribution is 7.99. The zero-order valence-corrected chi connectivity index (χ0v) is 13.8. The SMILES string of the molecule is CCc1cccc(NC(=O)N2CCSC2c2ccc(F)cc2)c1. The number of nitrogens with zero attached hydrogens (tertiary/aromatic N) is 1. The summed E-state index contributed by atoms with van der Waals surface area (Å²) in [5, 5.41) is 2.90. The van der Waals surface area contributed by atoms with Crippen LogP contribution in [-0.4, -0.2) is 23.2 Å². The molecule has 2 aromatic carbocycles. The molecule has 3 nitrogen and oxygen atoms in total. The maximum absolute atomic E-state index is 13.1. The maximum atomic E-state index is 13.1. The van der Waals surface area contributed by atoms with E-state index in [1.165, 1.54) is 17.7 Å². The predicted octanol–water partition coefficient (Wildman–Crippen LogP) is 4.67. The first-order valence-electron chi connectivity index (χ1n) is 7.71. The van der Waals surface area contributed by atoms with Gasteiger partial charge in [-0.25, -0.2) is 9.18 Å². The van der Waals surface area contributed by atoms with Gasteiger partial charge in [0.1, 0.15) is 11.2 Å². The van der Waals surface area contributed by atoms with Gasteiger partial charge < -0.3 is 10.2 Å². The van der Waals surface area contributed by atoms with E-state index in [1.54, 1.807) is 28.8 Å². The second-order valence-electron chi connectivity index (χ2n) is 5.45. The molecule has 3 rings (SSSR count). The Hall–Kier alpha value is -2.01. The number of amides is 2. The lowest BCUT2D eigenvalue weighted by atomic mass is 10.1. The topological polar surface area (TPSA) is 32.3 Å². The van der Waals surface area contributed by atoms with E-state index < -0.39 is 0 Å². The summed E-state index contributed by atoms with van der Waals surface area (Å²) in [5.41, 5.74) is 2.95. The molecule has 23 heavy (non-hydrogen) atoms. The second-order valence-corrected chi connectivity index (χ2v) is 6.64. The van der Waals surface area contributed by atoms with Gasteiger partial charge in [0.15, 0.2) is 0 Å². The Balaban J connectivity index is 1.74. The fourth-order valence-corrected chi connectivity index (χ4v) is 3.90. The van der Waals surface area contributed by atoms with Crippen molar-refractivity contribution >= 4 is 23.5 Å². The highest BCUT2D eigenvalue weighted by Crippen LogP contribution is 2.38. The van der Waals surface area contributed by atoms with Crippen molar-refractivity contribution in [2.24, 2.45) is 0 Å². The Labute approximate surface area is 139 Å². The number of nitrogens with one attached hydrogen (secondary N) is 1. The molecule has 0 spiro atoms. The molecule has 0 bridgehead atoms. The molecule has 0 aliphatic carbocycles. The van der Waals surface area contributed by atoms with E-state index in [4.69, 9.17) is 0 Å². The maximum Gasteiger partial charge on any atom is 0.323 e. The number of urea groups is 1. The van der Waals surface area contributed by atoms with Gasteiger partial charge in [0, 0.05) is 18.0 Å². The first-order chi connectivity index (χ1) is 11.2. The van der Waals surface area contributed by atoms with E-state index in [2.05, 4.69) is 12.2 Å². The molecule has 0 aromatic heterocycles. The average Bonchev–Trinajstić information content (AvgIpc) is 3.05. The van der Waals surface area contributed by atoms with Crippen LogP contribution in [0.5, 0.6) is 0 Å². The number of benzene rings is 2. The molecule has 1 fully saturated rings. The molecule has 5 heteroatoms. The molecular formula is C18H19FN2OS. The molecule has 1 unspecified atom stereocenters. The standard InChI is InChI=1S/C18H19FN2OS/c1-2-13-4-3-5-16(12-13)20-18(22)21-10-11-23-17(21)14-6-8-15(19)9-7-14/h3-9,12,17H,2,10-11H2,1H3,(H,20,22). The van der Waals surface area contributed by atoms with Crippen LogP contribution in [0.3, 0.4) is 0 Å². The van der Waals surface area contributed by atoms with Crippen LogP contribution in [0.25, 0.3) is 0 Å². The summed E-state index contributed by atoms with van der Waals surface area (Å²) in [4.78, 5) is 14.4. The molecule has 2 amide bonds. The van der Waals surface area contributed by atoms with Crippen LogP contribution in [0.15, 0.2) is 48.5 Å². The Morgan fingerprint density at radius 3 is 2.83 bits per heavy atom. The van der Waals surface area contributed by atoms with Gasteiger partial charge in [0.25, 0.3) is 0 Å². The van der Waals surface area contributed by atoms with Gasteiger partial charge in [0.2, 0.25) is 0 Å². The first kappa shape index (κ1) is 15.9. The Morgan fingerprint density at radius 1 is 1.30 bits per heavy atom. The van der Waals surface area contributed by atoms with Gasteiger partial charge in [-0.2, -0.15) is 0 Å². The molecule has 0 saturated carbocycles. The van der Waals surface area contributed by atoms with Crippen LogP contribution in [0, 0.1) is 5.82 Å². The number of thioether (sulfide) groups is 1. The molecule has 1 N–H and O–H groups in total. The van der Waals surface area contributed by atoms with E-state index in [9.17, 15) is 9.18 Å². The number of carbonyl (C=O) groups is 1. The molecule has 2 aromatic rings. The fourth-order valence-electron chi connectivity index (χ4n) is 2.65. The summed E-state index contributed by atoms with van der Waals surface area (Å²) in [6, 6.07) is 14.1. The highest BCUT2D eigenvalue weighted by Gasteiger charge is 2.30. The summed E-state index contributed by atoms with van der Waals surface area (Å²) >= 11 is 1.70. The van der Waals surface area contributed by atoms with E-state index >= 15 is 0 Å². The van der Waals surface area contributed by atoms with Crippen molar-refractivity contribution in [3.05, 3.63) is 65.5 Å². The number of hydrogen-bond donors (Lipinski definition) is 1. The third-order valence-electron chi connectivity index (χ3n) is 3.89. The summed E-state index contributed by atoms with van der Waals surface area (Å²) in [7, 11) is 0. The van der Waals surface area contributed by atoms with Crippen molar-refractivity contribution in [1.29, 1.82) is 0 Å². The van der Waals surface area contributed by atoms with Crippen LogP contribution in [0.1, 0.15) is 23.4 Å². The number of halogens is 1. The van der Waals surface area contributed by atoms with E-state index in [0.29, 0.717) is 6.54 Å². The Kier molecular flexibility index (Phi) is 4.86. The number of rotatable bonds is 3. The third-order valence-corrected chi connectivity index (χ3v) is 5.15. The van der Waals surface area contributed by atoms with E-state index in [1.807, 2.05) is 24.3 Å². The minimum absolute atomic E-state index is 0.0649. The van der Waals surface area contributed by atoms with Gasteiger partial charge in [-0.05, 0) is 41.8 Å². The fraction of sp³-hybridized carbons (Fsp3) is 0.278. The summed E-state index contributed by atoms with van der Waals surface area (Å²) < 4.78 is 13.1. The number of carbonyl (C=O) groups excluding carboxylic acids is 1. The summed E-state index contributed by atoms with van der Waals surface area (Å²) in [5.74, 6) is 0.619. The Morgan fingerprint density at radius 2 is 2.09 bits per heavy atom. The van der Waals surface area contributed by atoms with Crippen LogP contribution in [0.4, 0.5) is 14.9 Å². The molecule has 1 aliphatic heterocycles. The van der Waals surface area contributed by atoms with Gasteiger partial charge in [-0.15, -0.1) is 11.8 Å².